The summed E-state index contributed by atoms with van der Waals surface area (Å²) in [6.07, 6.45) is 0.799. The van der Waals surface area contributed by atoms with E-state index >= 15 is 0 Å². The molecule has 0 aliphatic carbocycles. The number of methoxy groups -OCH3 is 2. The fraction of sp³-hybridized carbons (Fsp3) is 1.00. The fourth-order valence-electron chi connectivity index (χ4n) is 2.42. The number of hydrogen-bond acceptors (Lipinski definition) is 4. The molecule has 1 rings (SSSR count). The van der Waals surface area contributed by atoms with Crippen molar-refractivity contribution in [3.8, 4) is 0 Å². The molecule has 0 saturated carbocycles. The molecule has 0 amide bonds. The Hall–Kier alpha value is -0.160. The minimum absolute atomic E-state index is 0.163. The normalized spacial score (nSPS) is 22.9. The molecule has 1 heterocycles. The number of likely N-dealkylation sites (tertiary alicyclic amines) is 1. The zero-order chi connectivity index (χ0) is 12.4. The molecule has 1 atom stereocenters. The maximum atomic E-state index is 9.12. The van der Waals surface area contributed by atoms with Crippen molar-refractivity contribution in [2.75, 3.05) is 33.9 Å². The predicted octanol–water partition coefficient (Wildman–Crippen LogP) is 1.09. The standard InChI is InChI=1S/C12H25NO3/c1-11(2,3)10(6-7-14)13-8-12(9-13,15-4)16-5/h10,14H,6-9H2,1-5H3. The summed E-state index contributed by atoms with van der Waals surface area (Å²) in [6, 6.07) is 0.371. The molecule has 0 bridgehead atoms. The van der Waals surface area contributed by atoms with Crippen LogP contribution in [0.4, 0.5) is 0 Å². The Bertz CT molecular complexity index is 213. The molecule has 1 N–H and O–H groups in total. The molecule has 1 aliphatic rings. The minimum Gasteiger partial charge on any atom is -0.396 e. The largest absolute Gasteiger partial charge is 0.396 e. The third kappa shape index (κ3) is 2.74. The SMILES string of the molecule is COC1(OC)CN(C(CCO)C(C)(C)C)C1. The number of hydrogen-bond donors (Lipinski definition) is 1. The summed E-state index contributed by atoms with van der Waals surface area (Å²) in [5.41, 5.74) is 0.163. The summed E-state index contributed by atoms with van der Waals surface area (Å²) in [6.45, 7) is 8.39. The van der Waals surface area contributed by atoms with Gasteiger partial charge in [-0.15, -0.1) is 0 Å². The highest BCUT2D eigenvalue weighted by atomic mass is 16.7. The van der Waals surface area contributed by atoms with Crippen molar-refractivity contribution >= 4 is 0 Å². The fourth-order valence-corrected chi connectivity index (χ4v) is 2.42. The van der Waals surface area contributed by atoms with E-state index in [1.165, 1.54) is 0 Å². The van der Waals surface area contributed by atoms with Gasteiger partial charge in [0.05, 0.1) is 13.1 Å². The molecule has 0 spiro atoms. The third-order valence-electron chi connectivity index (χ3n) is 3.47. The predicted molar refractivity (Wildman–Crippen MR) is 63.3 cm³/mol. The zero-order valence-electron chi connectivity index (χ0n) is 11.1. The molecule has 1 unspecified atom stereocenters. The van der Waals surface area contributed by atoms with E-state index in [1.807, 2.05) is 0 Å². The molecule has 96 valence electrons. The average molecular weight is 231 g/mol. The van der Waals surface area contributed by atoms with Crippen LogP contribution in [0.25, 0.3) is 0 Å². The lowest BCUT2D eigenvalue weighted by Gasteiger charge is -2.53. The van der Waals surface area contributed by atoms with Gasteiger partial charge in [0.25, 0.3) is 0 Å². The van der Waals surface area contributed by atoms with Crippen molar-refractivity contribution in [3.05, 3.63) is 0 Å². The van der Waals surface area contributed by atoms with Crippen LogP contribution >= 0.6 is 0 Å². The van der Waals surface area contributed by atoms with E-state index in [2.05, 4.69) is 25.7 Å². The van der Waals surface area contributed by atoms with Gasteiger partial charge in [0, 0.05) is 26.9 Å². The van der Waals surface area contributed by atoms with E-state index in [-0.39, 0.29) is 12.0 Å². The van der Waals surface area contributed by atoms with Gasteiger partial charge in [-0.05, 0) is 11.8 Å². The van der Waals surface area contributed by atoms with Crippen molar-refractivity contribution in [2.24, 2.45) is 5.41 Å². The average Bonchev–Trinajstić information content (AvgIpc) is 2.14. The van der Waals surface area contributed by atoms with Crippen molar-refractivity contribution in [2.45, 2.75) is 39.0 Å². The summed E-state index contributed by atoms with van der Waals surface area (Å²) in [7, 11) is 3.36. The molecule has 4 heteroatoms. The summed E-state index contributed by atoms with van der Waals surface area (Å²) in [4.78, 5) is 2.32. The first-order chi connectivity index (χ1) is 7.38. The van der Waals surface area contributed by atoms with E-state index in [0.717, 1.165) is 19.5 Å². The minimum atomic E-state index is -0.432. The Morgan fingerprint density at radius 3 is 2.06 bits per heavy atom. The topological polar surface area (TPSA) is 41.9 Å². The van der Waals surface area contributed by atoms with Gasteiger partial charge in [0.2, 0.25) is 0 Å². The van der Waals surface area contributed by atoms with Crippen molar-refractivity contribution in [3.63, 3.8) is 0 Å². The van der Waals surface area contributed by atoms with E-state index in [9.17, 15) is 0 Å². The molecule has 1 saturated heterocycles. The zero-order valence-corrected chi connectivity index (χ0v) is 11.1. The number of nitrogens with zero attached hydrogens (tertiary/aromatic N) is 1. The number of ether oxygens (including phenoxy) is 2. The Balaban J connectivity index is 2.58. The van der Waals surface area contributed by atoms with Crippen molar-refractivity contribution < 1.29 is 14.6 Å². The van der Waals surface area contributed by atoms with Crippen LogP contribution in [0.5, 0.6) is 0 Å². The summed E-state index contributed by atoms with van der Waals surface area (Å²) < 4.78 is 10.7. The van der Waals surface area contributed by atoms with Gasteiger partial charge in [-0.3, -0.25) is 4.90 Å². The van der Waals surface area contributed by atoms with Gasteiger partial charge >= 0.3 is 0 Å². The first-order valence-electron chi connectivity index (χ1n) is 5.84. The molecule has 1 fully saturated rings. The monoisotopic (exact) mass is 231 g/mol. The van der Waals surface area contributed by atoms with Gasteiger partial charge in [0.1, 0.15) is 0 Å². The van der Waals surface area contributed by atoms with E-state index < -0.39 is 5.79 Å². The second kappa shape index (κ2) is 5.00. The van der Waals surface area contributed by atoms with Gasteiger partial charge < -0.3 is 14.6 Å². The number of rotatable bonds is 5. The molecule has 1 aliphatic heterocycles. The molecule has 4 nitrogen and oxygen atoms in total. The Labute approximate surface area is 98.5 Å². The van der Waals surface area contributed by atoms with Gasteiger partial charge in [0.15, 0.2) is 5.79 Å². The highest BCUT2D eigenvalue weighted by molar-refractivity contribution is 4.96. The second-order valence-corrected chi connectivity index (χ2v) is 5.62. The lowest BCUT2D eigenvalue weighted by molar-refractivity contribution is -0.287. The van der Waals surface area contributed by atoms with E-state index in [4.69, 9.17) is 14.6 Å². The third-order valence-corrected chi connectivity index (χ3v) is 3.47. The van der Waals surface area contributed by atoms with E-state index in [1.54, 1.807) is 14.2 Å². The molecule has 0 aromatic rings. The summed E-state index contributed by atoms with van der Waals surface area (Å²) in [5.74, 6) is -0.432. The lowest BCUT2D eigenvalue weighted by Crippen LogP contribution is -2.68. The molecule has 0 radical (unpaired) electrons. The van der Waals surface area contributed by atoms with Crippen LogP contribution in [-0.4, -0.2) is 55.8 Å². The Morgan fingerprint density at radius 2 is 1.75 bits per heavy atom. The van der Waals surface area contributed by atoms with Crippen molar-refractivity contribution in [1.29, 1.82) is 0 Å². The highest BCUT2D eigenvalue weighted by Gasteiger charge is 2.48. The lowest BCUT2D eigenvalue weighted by atomic mass is 9.81. The summed E-state index contributed by atoms with van der Waals surface area (Å²) in [5, 5.41) is 9.12. The maximum absolute atomic E-state index is 9.12. The number of aliphatic hydroxyl groups is 1. The summed E-state index contributed by atoms with van der Waals surface area (Å²) >= 11 is 0. The quantitative estimate of drug-likeness (QED) is 0.719. The van der Waals surface area contributed by atoms with E-state index in [0.29, 0.717) is 6.04 Å². The second-order valence-electron chi connectivity index (χ2n) is 5.62. The smallest absolute Gasteiger partial charge is 0.193 e. The van der Waals surface area contributed by atoms with Crippen LogP contribution < -0.4 is 0 Å². The molecule has 0 aromatic carbocycles. The first-order valence-corrected chi connectivity index (χ1v) is 5.84. The van der Waals surface area contributed by atoms with Gasteiger partial charge in [-0.1, -0.05) is 20.8 Å². The van der Waals surface area contributed by atoms with Crippen LogP contribution in [0.1, 0.15) is 27.2 Å². The van der Waals surface area contributed by atoms with Crippen LogP contribution in [-0.2, 0) is 9.47 Å². The molecular formula is C12H25NO3. The van der Waals surface area contributed by atoms with Gasteiger partial charge in [-0.2, -0.15) is 0 Å². The van der Waals surface area contributed by atoms with Crippen LogP contribution in [0.2, 0.25) is 0 Å². The first kappa shape index (κ1) is 13.9. The maximum Gasteiger partial charge on any atom is 0.193 e. The molecule has 0 aromatic heterocycles. The highest BCUT2D eigenvalue weighted by Crippen LogP contribution is 2.35. The van der Waals surface area contributed by atoms with Crippen LogP contribution in [0, 0.1) is 5.41 Å². The van der Waals surface area contributed by atoms with Crippen LogP contribution in [0.3, 0.4) is 0 Å². The number of aliphatic hydroxyl groups excluding tert-OH is 1. The molecular weight excluding hydrogens is 206 g/mol. The van der Waals surface area contributed by atoms with Gasteiger partial charge in [-0.25, -0.2) is 0 Å². The van der Waals surface area contributed by atoms with Crippen LogP contribution in [0.15, 0.2) is 0 Å². The molecule has 16 heavy (non-hydrogen) atoms. The Morgan fingerprint density at radius 1 is 1.25 bits per heavy atom. The Kier molecular flexibility index (Phi) is 4.35. The van der Waals surface area contributed by atoms with Crippen molar-refractivity contribution in [1.82, 2.24) is 4.90 Å².